The molecule has 6 atom stereocenters. The second-order valence-corrected chi connectivity index (χ2v) is 6.22. The van der Waals surface area contributed by atoms with Gasteiger partial charge in [-0.05, 0) is 25.7 Å². The van der Waals surface area contributed by atoms with Crippen LogP contribution in [-0.4, -0.2) is 30.1 Å². The van der Waals surface area contributed by atoms with E-state index < -0.39 is 0 Å². The van der Waals surface area contributed by atoms with Gasteiger partial charge in [0.15, 0.2) is 0 Å². The molecule has 0 N–H and O–H groups in total. The molecule has 0 radical (unpaired) electrons. The molecule has 2 saturated heterocycles. The third kappa shape index (κ3) is 2.02. The van der Waals surface area contributed by atoms with Gasteiger partial charge in [0.2, 0.25) is 0 Å². The van der Waals surface area contributed by atoms with E-state index in [1.54, 1.807) is 6.92 Å². The Hall–Kier alpha value is -1.16. The van der Waals surface area contributed by atoms with Crippen molar-refractivity contribution >= 4 is 11.8 Å². The molecular formula is C15H20O4. The van der Waals surface area contributed by atoms with Crippen LogP contribution in [0.4, 0.5) is 0 Å². The smallest absolute Gasteiger partial charge is 0.334 e. The summed E-state index contributed by atoms with van der Waals surface area (Å²) in [7, 11) is 0. The molecule has 3 rings (SSSR count). The standard InChI is InChI=1S/C15H20O4/c1-7-4-11-10(9(3)15(17)19-11)6-13-14(7)12(18-13)5-8(2)16/h7,10-14H,3-6H2,1-2H3. The summed E-state index contributed by atoms with van der Waals surface area (Å²) in [6.07, 6.45) is 2.33. The molecule has 104 valence electrons. The van der Waals surface area contributed by atoms with Gasteiger partial charge in [0.05, 0.1) is 12.2 Å². The molecule has 0 aromatic heterocycles. The van der Waals surface area contributed by atoms with Crippen LogP contribution in [0.5, 0.6) is 0 Å². The second-order valence-electron chi connectivity index (χ2n) is 6.22. The first kappa shape index (κ1) is 12.9. The summed E-state index contributed by atoms with van der Waals surface area (Å²) in [5.74, 6) is 0.859. The van der Waals surface area contributed by atoms with Crippen LogP contribution in [-0.2, 0) is 19.1 Å². The van der Waals surface area contributed by atoms with Gasteiger partial charge in [-0.15, -0.1) is 0 Å². The van der Waals surface area contributed by atoms with Gasteiger partial charge in [0.25, 0.3) is 0 Å². The van der Waals surface area contributed by atoms with E-state index in [2.05, 4.69) is 13.5 Å². The topological polar surface area (TPSA) is 52.6 Å². The number of carbonyl (C=O) groups excluding carboxylic acids is 2. The Bertz CT molecular complexity index is 441. The molecule has 1 saturated carbocycles. The largest absolute Gasteiger partial charge is 0.458 e. The summed E-state index contributed by atoms with van der Waals surface area (Å²) in [5.41, 5.74) is 0.594. The van der Waals surface area contributed by atoms with Gasteiger partial charge in [-0.3, -0.25) is 4.79 Å². The molecule has 4 heteroatoms. The summed E-state index contributed by atoms with van der Waals surface area (Å²) in [6, 6.07) is 0. The molecule has 19 heavy (non-hydrogen) atoms. The van der Waals surface area contributed by atoms with E-state index in [-0.39, 0.29) is 36.0 Å². The van der Waals surface area contributed by atoms with E-state index in [1.807, 2.05) is 0 Å². The van der Waals surface area contributed by atoms with Crippen LogP contribution in [0.3, 0.4) is 0 Å². The van der Waals surface area contributed by atoms with Crippen LogP contribution < -0.4 is 0 Å². The van der Waals surface area contributed by atoms with Crippen molar-refractivity contribution in [2.45, 2.75) is 51.4 Å². The molecule has 3 aliphatic rings. The average Bonchev–Trinajstić information content (AvgIpc) is 2.48. The minimum absolute atomic E-state index is 0.0396. The van der Waals surface area contributed by atoms with Crippen molar-refractivity contribution in [2.24, 2.45) is 17.8 Å². The van der Waals surface area contributed by atoms with Crippen molar-refractivity contribution in [3.05, 3.63) is 12.2 Å². The van der Waals surface area contributed by atoms with Crippen LogP contribution in [0, 0.1) is 17.8 Å². The lowest BCUT2D eigenvalue weighted by Crippen LogP contribution is -2.52. The summed E-state index contributed by atoms with van der Waals surface area (Å²) < 4.78 is 11.3. The van der Waals surface area contributed by atoms with Crippen molar-refractivity contribution in [3.63, 3.8) is 0 Å². The normalized spacial score (nSPS) is 44.7. The first-order valence-corrected chi connectivity index (χ1v) is 7.02. The molecule has 0 aromatic rings. The van der Waals surface area contributed by atoms with Gasteiger partial charge in [0, 0.05) is 23.8 Å². The lowest BCUT2D eigenvalue weighted by Gasteiger charge is -2.47. The maximum atomic E-state index is 11.6. The molecule has 0 spiro atoms. The number of rotatable bonds is 2. The zero-order chi connectivity index (χ0) is 13.7. The number of hydrogen-bond donors (Lipinski definition) is 0. The summed E-state index contributed by atoms with van der Waals surface area (Å²) in [5, 5.41) is 0. The SMILES string of the molecule is C=C1C(=O)OC2CC(C)C3C(CC(C)=O)OC3CC12. The number of Topliss-reactive ketones (excluding diaryl/α,β-unsaturated/α-hetero) is 1. The highest BCUT2D eigenvalue weighted by molar-refractivity contribution is 5.90. The van der Waals surface area contributed by atoms with Crippen molar-refractivity contribution in [2.75, 3.05) is 0 Å². The van der Waals surface area contributed by atoms with Crippen molar-refractivity contribution < 1.29 is 19.1 Å². The van der Waals surface area contributed by atoms with Crippen molar-refractivity contribution in [3.8, 4) is 0 Å². The Morgan fingerprint density at radius 2 is 2.11 bits per heavy atom. The molecular weight excluding hydrogens is 244 g/mol. The maximum Gasteiger partial charge on any atom is 0.334 e. The number of carbonyl (C=O) groups is 2. The van der Waals surface area contributed by atoms with Crippen LogP contribution in [0.2, 0.25) is 0 Å². The highest BCUT2D eigenvalue weighted by Crippen LogP contribution is 2.48. The second kappa shape index (κ2) is 4.44. The first-order valence-electron chi connectivity index (χ1n) is 7.02. The maximum absolute atomic E-state index is 11.6. The van der Waals surface area contributed by atoms with Gasteiger partial charge >= 0.3 is 5.97 Å². The number of ether oxygens (including phenoxy) is 2. The lowest BCUT2D eigenvalue weighted by atomic mass is 9.76. The van der Waals surface area contributed by atoms with E-state index in [0.29, 0.717) is 23.8 Å². The predicted octanol–water partition coefficient (Wildman–Crippen LogP) is 1.88. The third-order valence-corrected chi connectivity index (χ3v) is 4.86. The van der Waals surface area contributed by atoms with E-state index >= 15 is 0 Å². The molecule has 2 heterocycles. The van der Waals surface area contributed by atoms with Gasteiger partial charge in [-0.1, -0.05) is 13.5 Å². The molecule has 0 aromatic carbocycles. The molecule has 3 fully saturated rings. The minimum Gasteiger partial charge on any atom is -0.458 e. The molecule has 0 bridgehead atoms. The first-order chi connectivity index (χ1) is 8.97. The molecule has 6 unspecified atom stereocenters. The Morgan fingerprint density at radius 1 is 1.37 bits per heavy atom. The lowest BCUT2D eigenvalue weighted by molar-refractivity contribution is -0.203. The van der Waals surface area contributed by atoms with Gasteiger partial charge in [-0.2, -0.15) is 0 Å². The van der Waals surface area contributed by atoms with Crippen LogP contribution in [0.25, 0.3) is 0 Å². The highest BCUT2D eigenvalue weighted by Gasteiger charge is 2.53. The van der Waals surface area contributed by atoms with Crippen LogP contribution >= 0.6 is 0 Å². The molecule has 1 aliphatic carbocycles. The van der Waals surface area contributed by atoms with Crippen molar-refractivity contribution in [1.29, 1.82) is 0 Å². The zero-order valence-corrected chi connectivity index (χ0v) is 11.4. The van der Waals surface area contributed by atoms with E-state index in [0.717, 1.165) is 12.8 Å². The van der Waals surface area contributed by atoms with Crippen LogP contribution in [0.15, 0.2) is 12.2 Å². The average molecular weight is 264 g/mol. The summed E-state index contributed by atoms with van der Waals surface area (Å²) in [6.45, 7) is 7.63. The van der Waals surface area contributed by atoms with E-state index in [1.165, 1.54) is 0 Å². The van der Waals surface area contributed by atoms with Gasteiger partial charge in [-0.25, -0.2) is 4.79 Å². The summed E-state index contributed by atoms with van der Waals surface area (Å²) in [4.78, 5) is 22.8. The Balaban J connectivity index is 1.75. The van der Waals surface area contributed by atoms with E-state index in [9.17, 15) is 9.59 Å². The highest BCUT2D eigenvalue weighted by atomic mass is 16.6. The fourth-order valence-electron chi connectivity index (χ4n) is 3.92. The third-order valence-electron chi connectivity index (χ3n) is 4.86. The summed E-state index contributed by atoms with van der Waals surface area (Å²) >= 11 is 0. The Kier molecular flexibility index (Phi) is 3.01. The number of ketones is 1. The van der Waals surface area contributed by atoms with E-state index in [4.69, 9.17) is 9.47 Å². The number of esters is 1. The number of fused-ring (bicyclic) bond motifs is 2. The minimum atomic E-state index is -0.250. The molecule has 4 nitrogen and oxygen atoms in total. The number of hydrogen-bond acceptors (Lipinski definition) is 4. The fraction of sp³-hybridized carbons (Fsp3) is 0.733. The van der Waals surface area contributed by atoms with Gasteiger partial charge < -0.3 is 9.47 Å². The Labute approximate surface area is 113 Å². The monoisotopic (exact) mass is 264 g/mol. The fourth-order valence-corrected chi connectivity index (χ4v) is 3.92. The van der Waals surface area contributed by atoms with Crippen molar-refractivity contribution in [1.82, 2.24) is 0 Å². The van der Waals surface area contributed by atoms with Crippen LogP contribution in [0.1, 0.15) is 33.1 Å². The zero-order valence-electron chi connectivity index (χ0n) is 11.4. The predicted molar refractivity (Wildman–Crippen MR) is 68.4 cm³/mol. The molecule has 2 aliphatic heterocycles. The quantitative estimate of drug-likeness (QED) is 0.564. The Morgan fingerprint density at radius 3 is 2.79 bits per heavy atom. The van der Waals surface area contributed by atoms with Gasteiger partial charge in [0.1, 0.15) is 11.9 Å². The molecule has 0 amide bonds.